The normalized spacial score (nSPS) is 15.8. The molecule has 1 aliphatic rings. The summed E-state index contributed by atoms with van der Waals surface area (Å²) in [5.41, 5.74) is -5.21. The summed E-state index contributed by atoms with van der Waals surface area (Å²) in [7, 11) is -8.37. The van der Waals surface area contributed by atoms with Gasteiger partial charge in [-0.2, -0.15) is 26.3 Å². The standard InChI is InChI=1S/C26H27F3N2O6S2/c1-31(21-8-4-5-9-21)25(32)24(16-18-10-13-22(14-11-18)37-39(35,36)26(27,28)29)30-38(33,34)23-15-12-19-6-2-3-7-20(19)17-23/h2-3,6-7,10-15,17,21,24,30H,4-5,8-9,16H2,1H3/t24-/m0/s1. The molecular weight excluding hydrogens is 557 g/mol. The molecular formula is C26H27F3N2O6S2. The van der Waals surface area contributed by atoms with E-state index in [1.807, 2.05) is 12.1 Å². The van der Waals surface area contributed by atoms with Gasteiger partial charge in [-0.25, -0.2) is 8.42 Å². The van der Waals surface area contributed by atoms with Crippen molar-refractivity contribution in [3.63, 3.8) is 0 Å². The van der Waals surface area contributed by atoms with Crippen molar-refractivity contribution in [1.82, 2.24) is 9.62 Å². The molecule has 3 aromatic rings. The lowest BCUT2D eigenvalue weighted by molar-refractivity contribution is -0.133. The van der Waals surface area contributed by atoms with Gasteiger partial charge in [0.25, 0.3) is 0 Å². The van der Waals surface area contributed by atoms with Gasteiger partial charge in [0.1, 0.15) is 11.8 Å². The second-order valence-electron chi connectivity index (χ2n) is 9.40. The predicted octanol–water partition coefficient (Wildman–Crippen LogP) is 4.36. The molecule has 1 saturated carbocycles. The lowest BCUT2D eigenvalue weighted by Gasteiger charge is -2.29. The molecule has 13 heteroatoms. The molecule has 1 atom stereocenters. The lowest BCUT2D eigenvalue weighted by atomic mass is 10.0. The highest BCUT2D eigenvalue weighted by Crippen LogP contribution is 2.28. The van der Waals surface area contributed by atoms with Gasteiger partial charge in [0, 0.05) is 13.1 Å². The van der Waals surface area contributed by atoms with Gasteiger partial charge in [-0.05, 0) is 59.9 Å². The first-order valence-corrected chi connectivity index (χ1v) is 15.0. The van der Waals surface area contributed by atoms with E-state index >= 15 is 0 Å². The molecule has 0 bridgehead atoms. The third-order valence-corrected chi connectivity index (χ3v) is 9.15. The molecule has 1 amide bonds. The zero-order chi connectivity index (χ0) is 28.4. The van der Waals surface area contributed by atoms with Gasteiger partial charge in [-0.3, -0.25) is 4.79 Å². The summed E-state index contributed by atoms with van der Waals surface area (Å²) in [6.07, 6.45) is 3.38. The Hall–Kier alpha value is -3.16. The monoisotopic (exact) mass is 584 g/mol. The SMILES string of the molecule is CN(C(=O)[C@H](Cc1ccc(OS(=O)(=O)C(F)(F)F)cc1)NS(=O)(=O)c1ccc2ccccc2c1)C1CCCC1. The van der Waals surface area contributed by atoms with Crippen molar-refractivity contribution in [1.29, 1.82) is 0 Å². The van der Waals surface area contributed by atoms with Crippen molar-refractivity contribution in [2.45, 2.75) is 54.6 Å². The molecule has 4 rings (SSSR count). The third-order valence-electron chi connectivity index (χ3n) is 6.70. The fraction of sp³-hybridized carbons (Fsp3) is 0.346. The van der Waals surface area contributed by atoms with Crippen molar-refractivity contribution in [3.05, 3.63) is 72.3 Å². The minimum absolute atomic E-state index is 0.0244. The number of rotatable bonds is 9. The van der Waals surface area contributed by atoms with E-state index in [9.17, 15) is 34.8 Å². The number of alkyl halides is 3. The van der Waals surface area contributed by atoms with Crippen LogP contribution in [0, 0.1) is 0 Å². The van der Waals surface area contributed by atoms with Crippen molar-refractivity contribution >= 4 is 36.8 Å². The van der Waals surface area contributed by atoms with Crippen LogP contribution in [-0.2, 0) is 31.4 Å². The molecule has 0 spiro atoms. The molecule has 0 heterocycles. The maximum atomic E-state index is 13.5. The van der Waals surface area contributed by atoms with Crippen LogP contribution in [0.2, 0.25) is 0 Å². The van der Waals surface area contributed by atoms with E-state index in [2.05, 4.69) is 8.91 Å². The fourth-order valence-corrected chi connectivity index (χ4v) is 6.26. The number of carbonyl (C=O) groups is 1. The molecule has 1 N–H and O–H groups in total. The largest absolute Gasteiger partial charge is 0.534 e. The highest BCUT2D eigenvalue weighted by molar-refractivity contribution is 7.89. The molecule has 1 aliphatic carbocycles. The van der Waals surface area contributed by atoms with Crippen molar-refractivity contribution in [3.8, 4) is 5.75 Å². The molecule has 0 aliphatic heterocycles. The van der Waals surface area contributed by atoms with Gasteiger partial charge in [0.2, 0.25) is 15.9 Å². The maximum absolute atomic E-state index is 13.5. The van der Waals surface area contributed by atoms with Crippen LogP contribution in [0.4, 0.5) is 13.2 Å². The van der Waals surface area contributed by atoms with Crippen LogP contribution in [0.5, 0.6) is 5.75 Å². The summed E-state index contributed by atoms with van der Waals surface area (Å²) in [5.74, 6) is -1.02. The zero-order valence-corrected chi connectivity index (χ0v) is 22.5. The smallest absolute Gasteiger partial charge is 0.376 e. The number of carbonyl (C=O) groups excluding carboxylic acids is 1. The third kappa shape index (κ3) is 6.71. The van der Waals surface area contributed by atoms with Crippen molar-refractivity contribution < 1.29 is 39.0 Å². The topological polar surface area (TPSA) is 110 Å². The predicted molar refractivity (Wildman–Crippen MR) is 139 cm³/mol. The zero-order valence-electron chi connectivity index (χ0n) is 20.9. The van der Waals surface area contributed by atoms with Gasteiger partial charge in [-0.1, -0.05) is 55.3 Å². The van der Waals surface area contributed by atoms with Gasteiger partial charge < -0.3 is 9.08 Å². The number of nitrogens with one attached hydrogen (secondary N) is 1. The van der Waals surface area contributed by atoms with Crippen LogP contribution in [0.25, 0.3) is 10.8 Å². The van der Waals surface area contributed by atoms with Crippen LogP contribution >= 0.6 is 0 Å². The number of hydrogen-bond donors (Lipinski definition) is 1. The summed E-state index contributed by atoms with van der Waals surface area (Å²) in [5, 5.41) is 1.55. The molecule has 8 nitrogen and oxygen atoms in total. The van der Waals surface area contributed by atoms with Crippen LogP contribution in [0.3, 0.4) is 0 Å². The first kappa shape index (κ1) is 28.8. The molecule has 39 heavy (non-hydrogen) atoms. The summed E-state index contributed by atoms with van der Waals surface area (Å²) in [4.78, 5) is 15.0. The highest BCUT2D eigenvalue weighted by atomic mass is 32.2. The van der Waals surface area contributed by atoms with Crippen LogP contribution in [0.1, 0.15) is 31.2 Å². The van der Waals surface area contributed by atoms with E-state index in [1.54, 1.807) is 25.2 Å². The number of sulfonamides is 1. The van der Waals surface area contributed by atoms with Crippen LogP contribution < -0.4 is 8.91 Å². The molecule has 3 aromatic carbocycles. The Balaban J connectivity index is 1.59. The molecule has 0 aromatic heterocycles. The first-order valence-electron chi connectivity index (χ1n) is 12.1. The summed E-state index contributed by atoms with van der Waals surface area (Å²) >= 11 is 0. The van der Waals surface area contributed by atoms with Gasteiger partial charge in [0.05, 0.1) is 4.90 Å². The minimum Gasteiger partial charge on any atom is -0.376 e. The second-order valence-corrected chi connectivity index (χ2v) is 12.7. The number of nitrogens with zero attached hydrogens (tertiary/aromatic N) is 1. The van der Waals surface area contributed by atoms with Crippen molar-refractivity contribution in [2.75, 3.05) is 7.05 Å². The molecule has 0 radical (unpaired) electrons. The van der Waals surface area contributed by atoms with E-state index in [0.29, 0.717) is 10.9 Å². The molecule has 0 saturated heterocycles. The number of fused-ring (bicyclic) bond motifs is 1. The lowest BCUT2D eigenvalue weighted by Crippen LogP contribution is -2.50. The van der Waals surface area contributed by atoms with E-state index in [1.165, 1.54) is 29.2 Å². The Morgan fingerprint density at radius 2 is 1.59 bits per heavy atom. The molecule has 0 unspecified atom stereocenters. The number of hydrogen-bond acceptors (Lipinski definition) is 6. The van der Waals surface area contributed by atoms with Gasteiger partial charge >= 0.3 is 15.6 Å². The fourth-order valence-electron chi connectivity index (χ4n) is 4.58. The summed E-state index contributed by atoms with van der Waals surface area (Å²) in [6.45, 7) is 0. The Labute approximate surface area is 224 Å². The van der Waals surface area contributed by atoms with Gasteiger partial charge in [0.15, 0.2) is 0 Å². The van der Waals surface area contributed by atoms with E-state index in [4.69, 9.17) is 0 Å². The average Bonchev–Trinajstić information content (AvgIpc) is 3.42. The number of likely N-dealkylation sites (N-methyl/N-ethyl adjacent to an activating group) is 1. The van der Waals surface area contributed by atoms with Gasteiger partial charge in [-0.15, -0.1) is 0 Å². The number of halogens is 3. The Morgan fingerprint density at radius 3 is 2.21 bits per heavy atom. The van der Waals surface area contributed by atoms with E-state index in [-0.39, 0.29) is 17.4 Å². The first-order chi connectivity index (χ1) is 18.3. The average molecular weight is 585 g/mol. The summed E-state index contributed by atoms with van der Waals surface area (Å²) in [6, 6.07) is 15.2. The molecule has 1 fully saturated rings. The molecule has 210 valence electrons. The number of benzene rings is 3. The maximum Gasteiger partial charge on any atom is 0.534 e. The van der Waals surface area contributed by atoms with E-state index in [0.717, 1.165) is 43.2 Å². The Morgan fingerprint density at radius 1 is 0.974 bits per heavy atom. The number of amides is 1. The summed E-state index contributed by atoms with van der Waals surface area (Å²) < 4.78 is 93.8. The Kier molecular flexibility index (Phi) is 8.24. The quantitative estimate of drug-likeness (QED) is 0.296. The minimum atomic E-state index is -5.84. The Bertz CT molecular complexity index is 1550. The van der Waals surface area contributed by atoms with Crippen molar-refractivity contribution in [2.24, 2.45) is 0 Å². The van der Waals surface area contributed by atoms with E-state index < -0.39 is 43.3 Å². The van der Waals surface area contributed by atoms with Crippen LogP contribution in [-0.4, -0.2) is 52.3 Å². The highest BCUT2D eigenvalue weighted by Gasteiger charge is 2.48. The second kappa shape index (κ2) is 11.1. The van der Waals surface area contributed by atoms with Crippen LogP contribution in [0.15, 0.2) is 71.6 Å².